The number of aromatic amines is 1. The third-order valence-corrected chi connectivity index (χ3v) is 3.67. The number of carbonyl (C=O) groups is 2. The second-order valence-corrected chi connectivity index (χ2v) is 5.55. The van der Waals surface area contributed by atoms with E-state index >= 15 is 0 Å². The van der Waals surface area contributed by atoms with Crippen molar-refractivity contribution in [3.63, 3.8) is 0 Å². The van der Waals surface area contributed by atoms with Gasteiger partial charge in [0.15, 0.2) is 11.5 Å². The molecule has 27 heavy (non-hydrogen) atoms. The van der Waals surface area contributed by atoms with Crippen molar-refractivity contribution in [2.75, 3.05) is 18.9 Å². The van der Waals surface area contributed by atoms with E-state index in [0.717, 1.165) is 6.42 Å². The Morgan fingerprint density at radius 1 is 1.07 bits per heavy atom. The monoisotopic (exact) mass is 376 g/mol. The van der Waals surface area contributed by atoms with Crippen LogP contribution in [0.25, 0.3) is 11.1 Å². The molecule has 1 aromatic heterocycles. The fraction of sp³-hybridized carbons (Fsp3) is 0.278. The minimum absolute atomic E-state index is 0.162. The number of nitrogens with two attached hydrogens (primary N) is 1. The topological polar surface area (TPSA) is 152 Å². The summed E-state index contributed by atoms with van der Waals surface area (Å²) in [6, 6.07) is 4.42. The summed E-state index contributed by atoms with van der Waals surface area (Å²) in [6.07, 6.45) is 0.768. The number of aromatic carboxylic acids is 2. The molecule has 0 aliphatic heterocycles. The predicted octanol–water partition coefficient (Wildman–Crippen LogP) is 2.21. The zero-order chi connectivity index (χ0) is 20.1. The average molecular weight is 376 g/mol. The third kappa shape index (κ3) is 4.02. The Kier molecular flexibility index (Phi) is 6.07. The van der Waals surface area contributed by atoms with Gasteiger partial charge in [-0.3, -0.25) is 4.79 Å². The van der Waals surface area contributed by atoms with Crippen molar-refractivity contribution in [3.05, 3.63) is 39.7 Å². The summed E-state index contributed by atoms with van der Waals surface area (Å²) in [6.45, 7) is 4.44. The van der Waals surface area contributed by atoms with Gasteiger partial charge in [0, 0.05) is 5.56 Å². The summed E-state index contributed by atoms with van der Waals surface area (Å²) in [5.41, 5.74) is 3.29. The molecule has 0 amide bonds. The SMILES string of the molecule is CCCOc1ccc(-c2c(C(=O)O)c(N)[nH]c(=O)c2C(=O)O)cc1OCC. The second kappa shape index (κ2) is 8.26. The van der Waals surface area contributed by atoms with Crippen molar-refractivity contribution in [1.29, 1.82) is 0 Å². The molecule has 1 heterocycles. The van der Waals surface area contributed by atoms with E-state index in [1.54, 1.807) is 6.92 Å². The van der Waals surface area contributed by atoms with Crippen molar-refractivity contribution in [3.8, 4) is 22.6 Å². The molecule has 0 spiro atoms. The minimum atomic E-state index is -1.57. The van der Waals surface area contributed by atoms with E-state index in [1.165, 1.54) is 18.2 Å². The molecule has 0 unspecified atom stereocenters. The van der Waals surface area contributed by atoms with Gasteiger partial charge in [-0.05, 0) is 31.0 Å². The smallest absolute Gasteiger partial charge is 0.342 e. The van der Waals surface area contributed by atoms with Crippen LogP contribution in [-0.4, -0.2) is 40.3 Å². The molecule has 0 atom stereocenters. The summed E-state index contributed by atoms with van der Waals surface area (Å²) >= 11 is 0. The van der Waals surface area contributed by atoms with Gasteiger partial charge in [-0.25, -0.2) is 9.59 Å². The molecule has 5 N–H and O–H groups in total. The highest BCUT2D eigenvalue weighted by Crippen LogP contribution is 2.36. The molecule has 2 rings (SSSR count). The van der Waals surface area contributed by atoms with Crippen LogP contribution < -0.4 is 20.8 Å². The van der Waals surface area contributed by atoms with Crippen molar-refractivity contribution in [2.24, 2.45) is 0 Å². The molecule has 0 saturated heterocycles. The molecule has 0 radical (unpaired) electrons. The maximum atomic E-state index is 12.1. The summed E-state index contributed by atoms with van der Waals surface area (Å²) in [5, 5.41) is 18.9. The Bertz CT molecular complexity index is 934. The molecule has 9 nitrogen and oxygen atoms in total. The number of ether oxygens (including phenoxy) is 2. The highest BCUT2D eigenvalue weighted by Gasteiger charge is 2.27. The van der Waals surface area contributed by atoms with Crippen LogP contribution in [0.1, 0.15) is 41.0 Å². The Morgan fingerprint density at radius 3 is 2.30 bits per heavy atom. The lowest BCUT2D eigenvalue weighted by atomic mass is 9.95. The highest BCUT2D eigenvalue weighted by atomic mass is 16.5. The first-order chi connectivity index (χ1) is 12.8. The average Bonchev–Trinajstić information content (AvgIpc) is 2.59. The van der Waals surface area contributed by atoms with Crippen LogP contribution in [0.2, 0.25) is 0 Å². The van der Waals surface area contributed by atoms with Crippen LogP contribution in [0.4, 0.5) is 5.82 Å². The number of benzene rings is 1. The van der Waals surface area contributed by atoms with Gasteiger partial charge in [-0.15, -0.1) is 0 Å². The van der Waals surface area contributed by atoms with E-state index in [1.807, 2.05) is 6.92 Å². The number of nitrogens with one attached hydrogen (secondary N) is 1. The predicted molar refractivity (Wildman–Crippen MR) is 97.8 cm³/mol. The van der Waals surface area contributed by atoms with Crippen LogP contribution in [0.5, 0.6) is 11.5 Å². The number of hydrogen-bond acceptors (Lipinski definition) is 6. The number of pyridine rings is 1. The van der Waals surface area contributed by atoms with Crippen LogP contribution >= 0.6 is 0 Å². The Hall–Kier alpha value is -3.49. The summed E-state index contributed by atoms with van der Waals surface area (Å²) in [7, 11) is 0. The number of nitrogen functional groups attached to an aromatic ring is 1. The first-order valence-electron chi connectivity index (χ1n) is 8.24. The van der Waals surface area contributed by atoms with Gasteiger partial charge in [0.05, 0.1) is 13.2 Å². The Morgan fingerprint density at radius 2 is 1.74 bits per heavy atom. The fourth-order valence-corrected chi connectivity index (χ4v) is 2.60. The molecule has 0 aliphatic carbocycles. The Labute approximate surface area is 154 Å². The molecule has 0 fully saturated rings. The van der Waals surface area contributed by atoms with Gasteiger partial charge in [0.25, 0.3) is 5.56 Å². The molecule has 0 saturated carbocycles. The standard InChI is InChI=1S/C18H20N2O7/c1-3-7-27-10-6-5-9(8-11(10)26-4-2)12-13(17(22)23)15(19)20-16(21)14(12)18(24)25/h5-6,8H,3-4,7H2,1-2H3,(H,22,23)(H,24,25)(H3,19,20,21). The van der Waals surface area contributed by atoms with Gasteiger partial charge in [0.2, 0.25) is 0 Å². The van der Waals surface area contributed by atoms with E-state index in [2.05, 4.69) is 4.98 Å². The van der Waals surface area contributed by atoms with Gasteiger partial charge in [-0.2, -0.15) is 0 Å². The molecule has 9 heteroatoms. The largest absolute Gasteiger partial charge is 0.490 e. The van der Waals surface area contributed by atoms with Crippen LogP contribution in [0.15, 0.2) is 23.0 Å². The van der Waals surface area contributed by atoms with E-state index in [-0.39, 0.29) is 11.1 Å². The zero-order valence-corrected chi connectivity index (χ0v) is 14.9. The lowest BCUT2D eigenvalue weighted by Gasteiger charge is -2.16. The van der Waals surface area contributed by atoms with Gasteiger partial charge in [-0.1, -0.05) is 13.0 Å². The number of aromatic nitrogens is 1. The van der Waals surface area contributed by atoms with Crippen LogP contribution in [0, 0.1) is 0 Å². The number of hydrogen-bond donors (Lipinski definition) is 4. The van der Waals surface area contributed by atoms with E-state index in [9.17, 15) is 24.6 Å². The van der Waals surface area contributed by atoms with Crippen molar-refractivity contribution >= 4 is 17.8 Å². The first kappa shape index (κ1) is 19.8. The number of carboxylic acid groups (broad SMARTS) is 2. The van der Waals surface area contributed by atoms with Crippen LogP contribution in [-0.2, 0) is 0 Å². The van der Waals surface area contributed by atoms with Gasteiger partial charge >= 0.3 is 11.9 Å². The third-order valence-electron chi connectivity index (χ3n) is 3.67. The lowest BCUT2D eigenvalue weighted by molar-refractivity contribution is 0.0695. The van der Waals surface area contributed by atoms with Crippen molar-refractivity contribution in [2.45, 2.75) is 20.3 Å². The summed E-state index contributed by atoms with van der Waals surface area (Å²) in [4.78, 5) is 37.4. The number of rotatable bonds is 8. The normalized spacial score (nSPS) is 10.4. The van der Waals surface area contributed by atoms with Crippen LogP contribution in [0.3, 0.4) is 0 Å². The number of carboxylic acids is 2. The minimum Gasteiger partial charge on any atom is -0.490 e. The molecular formula is C18H20N2O7. The number of H-pyrrole nitrogens is 1. The highest BCUT2D eigenvalue weighted by molar-refractivity contribution is 6.07. The fourth-order valence-electron chi connectivity index (χ4n) is 2.60. The zero-order valence-electron chi connectivity index (χ0n) is 14.9. The lowest BCUT2D eigenvalue weighted by Crippen LogP contribution is -2.24. The number of anilines is 1. The molecule has 0 aliphatic rings. The maximum absolute atomic E-state index is 12.1. The Balaban J connectivity index is 2.80. The summed E-state index contributed by atoms with van der Waals surface area (Å²) in [5.74, 6) is -2.75. The molecule has 0 bridgehead atoms. The van der Waals surface area contributed by atoms with Crippen molar-refractivity contribution < 1.29 is 29.3 Å². The van der Waals surface area contributed by atoms with E-state index in [4.69, 9.17) is 15.2 Å². The molecule has 2 aromatic rings. The summed E-state index contributed by atoms with van der Waals surface area (Å²) < 4.78 is 11.1. The van der Waals surface area contributed by atoms with Gasteiger partial charge in [0.1, 0.15) is 16.9 Å². The molecular weight excluding hydrogens is 356 g/mol. The second-order valence-electron chi connectivity index (χ2n) is 5.55. The van der Waals surface area contributed by atoms with Crippen molar-refractivity contribution in [1.82, 2.24) is 4.98 Å². The van der Waals surface area contributed by atoms with E-state index in [0.29, 0.717) is 24.7 Å². The van der Waals surface area contributed by atoms with Gasteiger partial charge < -0.3 is 30.4 Å². The maximum Gasteiger partial charge on any atom is 0.342 e. The first-order valence-corrected chi connectivity index (χ1v) is 8.24. The quantitative estimate of drug-likeness (QED) is 0.547. The molecule has 1 aromatic carbocycles. The molecule has 144 valence electrons. The van der Waals surface area contributed by atoms with E-state index < -0.39 is 34.4 Å².